The number of carbonyl (C=O) groups excluding carboxylic acids is 2. The van der Waals surface area contributed by atoms with Crippen LogP contribution in [0.15, 0.2) is 24.3 Å². The lowest BCUT2D eigenvalue weighted by Gasteiger charge is -2.16. The Morgan fingerprint density at radius 2 is 1.83 bits per heavy atom. The number of nitrogens with zero attached hydrogens (tertiary/aromatic N) is 2. The van der Waals surface area contributed by atoms with Gasteiger partial charge >= 0.3 is 0 Å². The van der Waals surface area contributed by atoms with Gasteiger partial charge in [0.15, 0.2) is 0 Å². The molecule has 2 N–H and O–H groups in total. The Bertz CT molecular complexity index is 943. The zero-order chi connectivity index (χ0) is 21.5. The largest absolute Gasteiger partial charge is 0.325 e. The van der Waals surface area contributed by atoms with Crippen LogP contribution in [0.25, 0.3) is 0 Å². The molecule has 3 rings (SSSR count). The highest BCUT2D eigenvalue weighted by atomic mass is 32.1. The van der Waals surface area contributed by atoms with Crippen LogP contribution in [0.2, 0.25) is 0 Å². The van der Waals surface area contributed by atoms with Crippen molar-refractivity contribution in [1.82, 2.24) is 4.90 Å². The summed E-state index contributed by atoms with van der Waals surface area (Å²) in [6.07, 6.45) is 5.61. The lowest BCUT2D eigenvalue weighted by molar-refractivity contribution is -0.119. The molecule has 0 spiro atoms. The van der Waals surface area contributed by atoms with Crippen LogP contribution in [0.1, 0.15) is 47.3 Å². The highest BCUT2D eigenvalue weighted by Gasteiger charge is 2.21. The van der Waals surface area contributed by atoms with Crippen molar-refractivity contribution in [1.29, 1.82) is 5.26 Å². The smallest absolute Gasteiger partial charge is 0.238 e. The average Bonchev–Trinajstić information content (AvgIpc) is 2.87. The third kappa shape index (κ3) is 5.91. The molecule has 0 saturated carbocycles. The first-order chi connectivity index (χ1) is 14.5. The second kappa shape index (κ2) is 10.4. The van der Waals surface area contributed by atoms with E-state index in [1.807, 2.05) is 43.1 Å². The van der Waals surface area contributed by atoms with Gasteiger partial charge in [-0.3, -0.25) is 14.5 Å². The summed E-state index contributed by atoms with van der Waals surface area (Å²) in [6.45, 7) is 2.66. The molecule has 2 amide bonds. The third-order valence-electron chi connectivity index (χ3n) is 5.26. The van der Waals surface area contributed by atoms with Crippen molar-refractivity contribution in [2.75, 3.05) is 30.8 Å². The van der Waals surface area contributed by atoms with Gasteiger partial charge in [0.1, 0.15) is 11.1 Å². The molecule has 1 aliphatic carbocycles. The van der Waals surface area contributed by atoms with E-state index in [1.54, 1.807) is 11.3 Å². The maximum atomic E-state index is 12.4. The van der Waals surface area contributed by atoms with Gasteiger partial charge < -0.3 is 10.6 Å². The van der Waals surface area contributed by atoms with Crippen LogP contribution in [-0.2, 0) is 22.4 Å². The second-order valence-corrected chi connectivity index (χ2v) is 8.94. The Morgan fingerprint density at radius 3 is 2.57 bits per heavy atom. The molecule has 2 aromatic rings. The number of nitrogens with one attached hydrogen (secondary N) is 2. The molecule has 0 bridgehead atoms. The number of aryl methyl sites for hydroxylation is 2. The number of amides is 2. The molecule has 0 aliphatic heterocycles. The van der Waals surface area contributed by atoms with Gasteiger partial charge in [-0.25, -0.2) is 0 Å². The number of fused-ring (bicyclic) bond motifs is 1. The minimum Gasteiger partial charge on any atom is -0.325 e. The monoisotopic (exact) mass is 424 g/mol. The summed E-state index contributed by atoms with van der Waals surface area (Å²) in [5, 5.41) is 16.0. The number of rotatable bonds is 7. The fraction of sp³-hybridized carbons (Fsp3) is 0.435. The fourth-order valence-corrected chi connectivity index (χ4v) is 4.85. The van der Waals surface area contributed by atoms with Gasteiger partial charge in [-0.1, -0.05) is 24.1 Å². The van der Waals surface area contributed by atoms with Gasteiger partial charge in [0.2, 0.25) is 11.8 Å². The van der Waals surface area contributed by atoms with Crippen LogP contribution < -0.4 is 10.6 Å². The Labute approximate surface area is 181 Å². The van der Waals surface area contributed by atoms with E-state index < -0.39 is 0 Å². The van der Waals surface area contributed by atoms with Crippen molar-refractivity contribution >= 4 is 33.8 Å². The minimum atomic E-state index is -0.131. The molecule has 0 radical (unpaired) electrons. The summed E-state index contributed by atoms with van der Waals surface area (Å²) in [5.41, 5.74) is 3.66. The minimum absolute atomic E-state index is 0.115. The molecular weight excluding hydrogens is 396 g/mol. The lowest BCUT2D eigenvalue weighted by atomic mass is 10.1. The number of hydrogen-bond donors (Lipinski definition) is 2. The number of hydrogen-bond acceptors (Lipinski definition) is 5. The highest BCUT2D eigenvalue weighted by molar-refractivity contribution is 7.16. The average molecular weight is 425 g/mol. The maximum absolute atomic E-state index is 12.4. The van der Waals surface area contributed by atoms with E-state index in [-0.39, 0.29) is 24.8 Å². The van der Waals surface area contributed by atoms with E-state index in [0.717, 1.165) is 42.5 Å². The number of thiophene rings is 1. The summed E-state index contributed by atoms with van der Waals surface area (Å²) < 4.78 is 0. The van der Waals surface area contributed by atoms with Gasteiger partial charge in [0, 0.05) is 23.5 Å². The van der Waals surface area contributed by atoms with E-state index in [4.69, 9.17) is 0 Å². The Balaban J connectivity index is 1.48. The van der Waals surface area contributed by atoms with Crippen LogP contribution >= 0.6 is 11.3 Å². The summed E-state index contributed by atoms with van der Waals surface area (Å²) in [6, 6.07) is 9.92. The van der Waals surface area contributed by atoms with Gasteiger partial charge in [-0.05, 0) is 57.4 Å². The molecule has 1 aromatic carbocycles. The van der Waals surface area contributed by atoms with E-state index in [1.165, 1.54) is 11.3 Å². The maximum Gasteiger partial charge on any atom is 0.238 e. The van der Waals surface area contributed by atoms with Crippen LogP contribution in [0.4, 0.5) is 10.7 Å². The van der Waals surface area contributed by atoms with E-state index in [2.05, 4.69) is 16.7 Å². The Morgan fingerprint density at radius 1 is 1.10 bits per heavy atom. The molecule has 0 unspecified atom stereocenters. The molecule has 1 heterocycles. The second-order valence-electron chi connectivity index (χ2n) is 7.83. The number of likely N-dealkylation sites (N-methyl/N-ethyl adjacent to an activating group) is 1. The van der Waals surface area contributed by atoms with Crippen molar-refractivity contribution in [3.8, 4) is 6.07 Å². The molecule has 7 heteroatoms. The molecule has 158 valence electrons. The number of anilines is 2. The molecular formula is C23H28N4O2S. The summed E-state index contributed by atoms with van der Waals surface area (Å²) in [7, 11) is 1.82. The van der Waals surface area contributed by atoms with Gasteiger partial charge in [-0.2, -0.15) is 5.26 Å². The number of benzene rings is 1. The molecule has 0 saturated heterocycles. The third-order valence-corrected chi connectivity index (χ3v) is 6.46. The number of carbonyl (C=O) groups is 2. The van der Waals surface area contributed by atoms with Crippen LogP contribution in [0.5, 0.6) is 0 Å². The Hall–Kier alpha value is -2.69. The van der Waals surface area contributed by atoms with Crippen molar-refractivity contribution in [3.05, 3.63) is 45.8 Å². The van der Waals surface area contributed by atoms with Gasteiger partial charge in [0.25, 0.3) is 0 Å². The summed E-state index contributed by atoms with van der Waals surface area (Å²) >= 11 is 1.54. The van der Waals surface area contributed by atoms with Crippen molar-refractivity contribution in [2.24, 2.45) is 0 Å². The first-order valence-corrected chi connectivity index (χ1v) is 11.2. The lowest BCUT2D eigenvalue weighted by Crippen LogP contribution is -2.32. The van der Waals surface area contributed by atoms with E-state index in [0.29, 0.717) is 17.1 Å². The standard InChI is InChI=1S/C23H28N4O2S/c1-16-8-10-17(11-9-16)25-22(29)15-27(2)13-12-21(28)26-23-19(14-24)18-6-4-3-5-7-20(18)30-23/h8-11H,3-7,12-13,15H2,1-2H3,(H,25,29)(H,26,28). The predicted octanol–water partition coefficient (Wildman–Crippen LogP) is 4.10. The van der Waals surface area contributed by atoms with Crippen molar-refractivity contribution in [2.45, 2.75) is 45.4 Å². The van der Waals surface area contributed by atoms with Crippen LogP contribution in [-0.4, -0.2) is 36.9 Å². The predicted molar refractivity (Wildman–Crippen MR) is 121 cm³/mol. The number of nitriles is 1. The molecule has 1 aliphatic rings. The van der Waals surface area contributed by atoms with Gasteiger partial charge in [0.05, 0.1) is 12.1 Å². The first kappa shape index (κ1) is 22.0. The zero-order valence-electron chi connectivity index (χ0n) is 17.6. The SMILES string of the molecule is Cc1ccc(NC(=O)CN(C)CCC(=O)Nc2sc3c(c2C#N)CCCCC3)cc1. The topological polar surface area (TPSA) is 85.2 Å². The van der Waals surface area contributed by atoms with Crippen molar-refractivity contribution in [3.63, 3.8) is 0 Å². The molecule has 1 aromatic heterocycles. The molecule has 6 nitrogen and oxygen atoms in total. The van der Waals surface area contributed by atoms with Crippen LogP contribution in [0, 0.1) is 18.3 Å². The van der Waals surface area contributed by atoms with E-state index >= 15 is 0 Å². The van der Waals surface area contributed by atoms with E-state index in [9.17, 15) is 14.9 Å². The molecule has 30 heavy (non-hydrogen) atoms. The van der Waals surface area contributed by atoms with Crippen LogP contribution in [0.3, 0.4) is 0 Å². The fourth-order valence-electron chi connectivity index (χ4n) is 3.59. The van der Waals surface area contributed by atoms with Gasteiger partial charge in [-0.15, -0.1) is 11.3 Å². The highest BCUT2D eigenvalue weighted by Crippen LogP contribution is 2.37. The molecule has 0 atom stereocenters. The normalized spacial score (nSPS) is 13.3. The Kier molecular flexibility index (Phi) is 7.61. The van der Waals surface area contributed by atoms with Crippen molar-refractivity contribution < 1.29 is 9.59 Å². The molecule has 0 fully saturated rings. The quantitative estimate of drug-likeness (QED) is 0.656. The first-order valence-electron chi connectivity index (χ1n) is 10.4. The zero-order valence-corrected chi connectivity index (χ0v) is 18.4. The summed E-state index contributed by atoms with van der Waals surface area (Å²) in [4.78, 5) is 27.7. The summed E-state index contributed by atoms with van der Waals surface area (Å²) in [5.74, 6) is -0.246.